The highest BCUT2D eigenvalue weighted by Crippen LogP contribution is 2.22. The Morgan fingerprint density at radius 2 is 1.73 bits per heavy atom. The number of nitrogens with one attached hydrogen (secondary N) is 1. The van der Waals surface area contributed by atoms with Crippen molar-refractivity contribution >= 4 is 21.7 Å². The minimum atomic E-state index is -4.71. The fourth-order valence-corrected chi connectivity index (χ4v) is 3.52. The van der Waals surface area contributed by atoms with Crippen LogP contribution in [-0.4, -0.2) is 39.2 Å². The van der Waals surface area contributed by atoms with Crippen LogP contribution in [0.5, 0.6) is 0 Å². The molecule has 0 aromatic heterocycles. The van der Waals surface area contributed by atoms with Crippen LogP contribution in [0.1, 0.15) is 42.5 Å². The van der Waals surface area contributed by atoms with Crippen LogP contribution < -0.4 is 5.32 Å². The van der Waals surface area contributed by atoms with E-state index >= 15 is 0 Å². The van der Waals surface area contributed by atoms with Crippen LogP contribution in [0.3, 0.4) is 0 Å². The zero-order valence-electron chi connectivity index (χ0n) is 14.1. The Morgan fingerprint density at radius 1 is 1.12 bits per heavy atom. The van der Waals surface area contributed by atoms with Gasteiger partial charge in [0.1, 0.15) is 0 Å². The molecule has 1 fully saturated rings. The van der Waals surface area contributed by atoms with Crippen molar-refractivity contribution in [2.45, 2.75) is 42.8 Å². The summed E-state index contributed by atoms with van der Waals surface area (Å²) in [5.74, 6) is -4.33. The van der Waals surface area contributed by atoms with E-state index in [0.29, 0.717) is 12.5 Å². The Bertz CT molecular complexity index is 728. The average molecular weight is 389 g/mol. The van der Waals surface area contributed by atoms with Crippen LogP contribution in [0.2, 0.25) is 0 Å². The maximum atomic E-state index is 12.4. The Labute approximate surface area is 150 Å². The van der Waals surface area contributed by atoms with Crippen molar-refractivity contribution in [1.29, 1.82) is 0 Å². The normalized spacial score (nSPS) is 15.7. The standard InChI is InChI=1S/C17H21F2NO5S/c18-17(19)26(23,24)14-8-6-13(7-9-14)16(22)25-11-15(21)20-10-12-4-2-1-3-5-12/h6-9,12,17H,1-5,10-11H2,(H,20,21). The summed E-state index contributed by atoms with van der Waals surface area (Å²) in [7, 11) is -4.71. The molecule has 0 unspecified atom stereocenters. The van der Waals surface area contributed by atoms with Crippen LogP contribution in [0.4, 0.5) is 8.78 Å². The molecule has 0 atom stereocenters. The van der Waals surface area contributed by atoms with Crippen molar-refractivity contribution in [2.24, 2.45) is 5.92 Å². The molecule has 26 heavy (non-hydrogen) atoms. The summed E-state index contributed by atoms with van der Waals surface area (Å²) < 4.78 is 52.4. The number of hydrogen-bond donors (Lipinski definition) is 1. The number of rotatable bonds is 7. The van der Waals surface area contributed by atoms with Crippen LogP contribution in [0.25, 0.3) is 0 Å². The number of halogens is 2. The van der Waals surface area contributed by atoms with Gasteiger partial charge in [-0.15, -0.1) is 0 Å². The number of sulfone groups is 1. The van der Waals surface area contributed by atoms with Crippen molar-refractivity contribution in [2.75, 3.05) is 13.2 Å². The molecule has 1 N–H and O–H groups in total. The summed E-state index contributed by atoms with van der Waals surface area (Å²) in [6, 6.07) is 3.94. The average Bonchev–Trinajstić information content (AvgIpc) is 2.65. The quantitative estimate of drug-likeness (QED) is 0.724. The molecule has 6 nitrogen and oxygen atoms in total. The second-order valence-corrected chi connectivity index (χ2v) is 8.13. The topological polar surface area (TPSA) is 89.5 Å². The second-order valence-electron chi connectivity index (χ2n) is 6.21. The Balaban J connectivity index is 1.81. The van der Waals surface area contributed by atoms with Crippen molar-refractivity contribution in [1.82, 2.24) is 5.32 Å². The molecule has 9 heteroatoms. The summed E-state index contributed by atoms with van der Waals surface area (Å²) in [6.07, 6.45) is 5.70. The van der Waals surface area contributed by atoms with Gasteiger partial charge in [-0.25, -0.2) is 13.2 Å². The van der Waals surface area contributed by atoms with Gasteiger partial charge in [0.05, 0.1) is 10.5 Å². The Kier molecular flexibility index (Phi) is 7.07. The number of ether oxygens (including phenoxy) is 1. The monoisotopic (exact) mass is 389 g/mol. The van der Waals surface area contributed by atoms with E-state index in [1.165, 1.54) is 6.42 Å². The van der Waals surface area contributed by atoms with Crippen LogP contribution in [0, 0.1) is 5.92 Å². The molecule has 2 rings (SSSR count). The van der Waals surface area contributed by atoms with Gasteiger partial charge < -0.3 is 10.1 Å². The second kappa shape index (κ2) is 9.07. The fourth-order valence-electron chi connectivity index (χ4n) is 2.80. The molecule has 1 aromatic carbocycles. The van der Waals surface area contributed by atoms with Crippen molar-refractivity contribution in [3.05, 3.63) is 29.8 Å². The summed E-state index contributed by atoms with van der Waals surface area (Å²) in [6.45, 7) is 0.0964. The zero-order valence-corrected chi connectivity index (χ0v) is 14.9. The SMILES string of the molecule is O=C(COC(=O)c1ccc(S(=O)(=O)C(F)F)cc1)NCC1CCCCC1. The molecule has 0 aliphatic heterocycles. The highest BCUT2D eigenvalue weighted by molar-refractivity contribution is 7.91. The van der Waals surface area contributed by atoms with E-state index in [9.17, 15) is 26.8 Å². The molecule has 0 heterocycles. The first kappa shape index (κ1) is 20.3. The minimum absolute atomic E-state index is 0.0294. The van der Waals surface area contributed by atoms with E-state index in [1.54, 1.807) is 0 Å². The smallest absolute Gasteiger partial charge is 0.341 e. The summed E-state index contributed by atoms with van der Waals surface area (Å²) in [5, 5.41) is 2.72. The molecule has 1 aliphatic carbocycles. The first-order valence-electron chi connectivity index (χ1n) is 8.36. The third kappa shape index (κ3) is 5.48. The molecule has 1 amide bonds. The van der Waals surface area contributed by atoms with Crippen molar-refractivity contribution in [3.8, 4) is 0 Å². The van der Waals surface area contributed by atoms with Crippen molar-refractivity contribution in [3.63, 3.8) is 0 Å². The van der Waals surface area contributed by atoms with Gasteiger partial charge in [0.15, 0.2) is 6.61 Å². The number of alkyl halides is 2. The fraction of sp³-hybridized carbons (Fsp3) is 0.529. The number of carbonyl (C=O) groups is 2. The maximum Gasteiger partial charge on any atom is 0.341 e. The van der Waals surface area contributed by atoms with Gasteiger partial charge in [-0.1, -0.05) is 19.3 Å². The van der Waals surface area contributed by atoms with E-state index in [-0.39, 0.29) is 5.56 Å². The maximum absolute atomic E-state index is 12.4. The molecule has 0 radical (unpaired) electrons. The molecular formula is C17H21F2NO5S. The number of esters is 1. The molecule has 1 saturated carbocycles. The lowest BCUT2D eigenvalue weighted by molar-refractivity contribution is -0.124. The summed E-state index contributed by atoms with van der Waals surface area (Å²) >= 11 is 0. The van der Waals surface area contributed by atoms with Crippen molar-refractivity contribution < 1.29 is 31.5 Å². The van der Waals surface area contributed by atoms with E-state index in [4.69, 9.17) is 4.74 Å². The molecule has 0 saturated heterocycles. The van der Waals surface area contributed by atoms with E-state index < -0.39 is 39.0 Å². The molecule has 0 spiro atoms. The van der Waals surface area contributed by atoms with Gasteiger partial charge in [0.25, 0.3) is 5.91 Å². The van der Waals surface area contributed by atoms with Gasteiger partial charge in [-0.05, 0) is 43.0 Å². The van der Waals surface area contributed by atoms with Gasteiger partial charge in [-0.2, -0.15) is 8.78 Å². The highest BCUT2D eigenvalue weighted by atomic mass is 32.2. The third-order valence-corrected chi connectivity index (χ3v) is 5.70. The van der Waals surface area contributed by atoms with Gasteiger partial charge in [0.2, 0.25) is 9.84 Å². The molecular weight excluding hydrogens is 368 g/mol. The number of benzene rings is 1. The lowest BCUT2D eigenvalue weighted by Gasteiger charge is -2.21. The Hall–Kier alpha value is -2.03. The van der Waals surface area contributed by atoms with E-state index in [1.807, 2.05) is 0 Å². The lowest BCUT2D eigenvalue weighted by Crippen LogP contribution is -2.33. The largest absolute Gasteiger partial charge is 0.452 e. The van der Waals surface area contributed by atoms with E-state index in [0.717, 1.165) is 49.9 Å². The van der Waals surface area contributed by atoms with E-state index in [2.05, 4.69) is 5.32 Å². The predicted molar refractivity (Wildman–Crippen MR) is 89.5 cm³/mol. The first-order valence-corrected chi connectivity index (χ1v) is 9.91. The third-order valence-electron chi connectivity index (χ3n) is 4.30. The van der Waals surface area contributed by atoms with Crippen LogP contribution in [-0.2, 0) is 19.4 Å². The highest BCUT2D eigenvalue weighted by Gasteiger charge is 2.26. The van der Waals surface area contributed by atoms with Gasteiger partial charge in [0, 0.05) is 6.54 Å². The van der Waals surface area contributed by atoms with Crippen LogP contribution >= 0.6 is 0 Å². The summed E-state index contributed by atoms with van der Waals surface area (Å²) in [5.41, 5.74) is -0.0294. The first-order chi connectivity index (χ1) is 12.3. The minimum Gasteiger partial charge on any atom is -0.452 e. The number of hydrogen-bond acceptors (Lipinski definition) is 5. The Morgan fingerprint density at radius 3 is 2.31 bits per heavy atom. The molecule has 144 valence electrons. The zero-order chi connectivity index (χ0) is 19.2. The van der Waals surface area contributed by atoms with Crippen LogP contribution in [0.15, 0.2) is 29.2 Å². The van der Waals surface area contributed by atoms with Gasteiger partial charge in [-0.3, -0.25) is 4.79 Å². The molecule has 1 aliphatic rings. The number of amides is 1. The molecule has 1 aromatic rings. The lowest BCUT2D eigenvalue weighted by atomic mass is 9.89. The van der Waals surface area contributed by atoms with Gasteiger partial charge >= 0.3 is 11.7 Å². The molecule has 0 bridgehead atoms. The number of carbonyl (C=O) groups excluding carboxylic acids is 2. The summed E-state index contributed by atoms with van der Waals surface area (Å²) in [4.78, 5) is 23.0. The predicted octanol–water partition coefficient (Wildman–Crippen LogP) is 2.54.